The van der Waals surface area contributed by atoms with Crippen LogP contribution in [0.5, 0.6) is 5.75 Å². The lowest BCUT2D eigenvalue weighted by Gasteiger charge is -2.13. The second kappa shape index (κ2) is 8.33. The highest BCUT2D eigenvalue weighted by molar-refractivity contribution is 6.05. The lowest BCUT2D eigenvalue weighted by atomic mass is 10.1. The van der Waals surface area contributed by atoms with Gasteiger partial charge in [-0.05, 0) is 37.6 Å². The Hall–Kier alpha value is -2.82. The van der Waals surface area contributed by atoms with Crippen LogP contribution >= 0.6 is 0 Å². The quantitative estimate of drug-likeness (QED) is 0.685. The summed E-state index contributed by atoms with van der Waals surface area (Å²) in [4.78, 5) is 24.3. The van der Waals surface area contributed by atoms with Gasteiger partial charge in [0.1, 0.15) is 5.75 Å². The highest BCUT2D eigenvalue weighted by Gasteiger charge is 2.14. The second-order valence-electron chi connectivity index (χ2n) is 6.23. The highest BCUT2D eigenvalue weighted by atomic mass is 16.3. The van der Waals surface area contributed by atoms with Crippen LogP contribution in [0.1, 0.15) is 42.6 Å². The molecular weight excluding hydrogens is 316 g/mol. The van der Waals surface area contributed by atoms with E-state index >= 15 is 0 Å². The van der Waals surface area contributed by atoms with Gasteiger partial charge in [0.25, 0.3) is 5.91 Å². The maximum absolute atomic E-state index is 12.3. The van der Waals surface area contributed by atoms with Gasteiger partial charge in [-0.1, -0.05) is 38.0 Å². The van der Waals surface area contributed by atoms with E-state index in [1.807, 2.05) is 26.8 Å². The van der Waals surface area contributed by atoms with E-state index in [2.05, 4.69) is 10.6 Å². The first-order valence-corrected chi connectivity index (χ1v) is 8.42. The van der Waals surface area contributed by atoms with Crippen molar-refractivity contribution in [3.05, 3.63) is 53.6 Å². The Morgan fingerprint density at radius 2 is 1.88 bits per heavy atom. The van der Waals surface area contributed by atoms with Crippen LogP contribution in [0, 0.1) is 12.8 Å². The number of hydrogen-bond acceptors (Lipinski definition) is 3. The van der Waals surface area contributed by atoms with Gasteiger partial charge >= 0.3 is 0 Å². The second-order valence-corrected chi connectivity index (χ2v) is 6.23. The summed E-state index contributed by atoms with van der Waals surface area (Å²) in [6.07, 6.45) is 1.74. The summed E-state index contributed by atoms with van der Waals surface area (Å²) in [5, 5.41) is 15.6. The monoisotopic (exact) mass is 340 g/mol. The van der Waals surface area contributed by atoms with E-state index in [-0.39, 0.29) is 23.5 Å². The molecule has 2 amide bonds. The molecule has 0 aromatic heterocycles. The minimum absolute atomic E-state index is 0.0854. The third-order valence-corrected chi connectivity index (χ3v) is 3.96. The molecule has 0 spiro atoms. The molecule has 5 heteroatoms. The Balaban J connectivity index is 2.06. The molecule has 2 rings (SSSR count). The van der Waals surface area contributed by atoms with Crippen molar-refractivity contribution in [3.8, 4) is 5.75 Å². The minimum atomic E-state index is -0.299. The summed E-state index contributed by atoms with van der Waals surface area (Å²) in [6.45, 7) is 5.81. The summed E-state index contributed by atoms with van der Waals surface area (Å²) < 4.78 is 0. The van der Waals surface area contributed by atoms with Crippen molar-refractivity contribution < 1.29 is 14.7 Å². The highest BCUT2D eigenvalue weighted by Crippen LogP contribution is 2.27. The van der Waals surface area contributed by atoms with Gasteiger partial charge in [-0.15, -0.1) is 0 Å². The zero-order valence-corrected chi connectivity index (χ0v) is 14.8. The number of aromatic hydroxyl groups is 1. The van der Waals surface area contributed by atoms with Gasteiger partial charge in [-0.2, -0.15) is 0 Å². The fourth-order valence-corrected chi connectivity index (χ4v) is 2.53. The van der Waals surface area contributed by atoms with Gasteiger partial charge in [-0.3, -0.25) is 9.59 Å². The first kappa shape index (κ1) is 18.5. The first-order valence-electron chi connectivity index (χ1n) is 8.42. The Morgan fingerprint density at radius 3 is 2.52 bits per heavy atom. The van der Waals surface area contributed by atoms with Crippen LogP contribution in [-0.4, -0.2) is 16.9 Å². The lowest BCUT2D eigenvalue weighted by molar-refractivity contribution is -0.119. The number of hydrogen-bond donors (Lipinski definition) is 3. The average molecular weight is 340 g/mol. The lowest BCUT2D eigenvalue weighted by Crippen LogP contribution is -2.20. The van der Waals surface area contributed by atoms with Crippen LogP contribution in [0.3, 0.4) is 0 Å². The summed E-state index contributed by atoms with van der Waals surface area (Å²) >= 11 is 0. The molecule has 25 heavy (non-hydrogen) atoms. The van der Waals surface area contributed by atoms with Crippen molar-refractivity contribution in [3.63, 3.8) is 0 Å². The summed E-state index contributed by atoms with van der Waals surface area (Å²) in [5.41, 5.74) is 2.30. The maximum atomic E-state index is 12.3. The van der Waals surface area contributed by atoms with Crippen molar-refractivity contribution in [2.75, 3.05) is 10.6 Å². The molecular formula is C20H24N2O3. The largest absolute Gasteiger partial charge is 0.506 e. The van der Waals surface area contributed by atoms with Crippen LogP contribution in [0.25, 0.3) is 0 Å². The average Bonchev–Trinajstić information content (AvgIpc) is 2.57. The number of rotatable bonds is 6. The van der Waals surface area contributed by atoms with Crippen molar-refractivity contribution in [2.45, 2.75) is 33.6 Å². The van der Waals surface area contributed by atoms with E-state index in [1.54, 1.807) is 30.3 Å². The molecule has 0 heterocycles. The third kappa shape index (κ3) is 5.08. The minimum Gasteiger partial charge on any atom is -0.506 e. The normalized spacial score (nSPS) is 11.6. The third-order valence-electron chi connectivity index (χ3n) is 3.96. The van der Waals surface area contributed by atoms with Gasteiger partial charge < -0.3 is 15.7 Å². The molecule has 0 aliphatic carbocycles. The Kier molecular flexibility index (Phi) is 6.17. The molecule has 0 aliphatic rings. The number of phenols is 1. The molecule has 0 aliphatic heterocycles. The van der Waals surface area contributed by atoms with E-state index in [9.17, 15) is 14.7 Å². The fraction of sp³-hybridized carbons (Fsp3) is 0.300. The molecule has 2 aromatic rings. The van der Waals surface area contributed by atoms with Crippen LogP contribution in [0.15, 0.2) is 42.5 Å². The van der Waals surface area contributed by atoms with Gasteiger partial charge in [0.2, 0.25) is 5.91 Å². The summed E-state index contributed by atoms with van der Waals surface area (Å²) in [7, 11) is 0. The molecule has 0 bridgehead atoms. The predicted octanol–water partition coefficient (Wildman–Crippen LogP) is 4.33. The molecule has 0 saturated heterocycles. The molecule has 0 fully saturated rings. The SMILES string of the molecule is CCCC(C)C(=O)Nc1ccc(NC(=O)c2cccc(C)c2)c(O)c1. The van der Waals surface area contributed by atoms with Gasteiger partial charge in [0.15, 0.2) is 0 Å². The van der Waals surface area contributed by atoms with Crippen LogP contribution in [-0.2, 0) is 4.79 Å². The number of amides is 2. The molecule has 1 atom stereocenters. The molecule has 5 nitrogen and oxygen atoms in total. The number of carbonyl (C=O) groups excluding carboxylic acids is 2. The number of phenolic OH excluding ortho intramolecular Hbond substituents is 1. The van der Waals surface area contributed by atoms with Crippen molar-refractivity contribution >= 4 is 23.2 Å². The zero-order valence-electron chi connectivity index (χ0n) is 14.8. The molecule has 0 radical (unpaired) electrons. The first-order chi connectivity index (χ1) is 11.9. The number of carbonyl (C=O) groups is 2. The zero-order chi connectivity index (χ0) is 18.4. The number of aryl methyl sites for hydroxylation is 1. The van der Waals surface area contributed by atoms with Crippen LogP contribution in [0.2, 0.25) is 0 Å². The van der Waals surface area contributed by atoms with E-state index < -0.39 is 0 Å². The van der Waals surface area contributed by atoms with Crippen LogP contribution < -0.4 is 10.6 Å². The summed E-state index contributed by atoms with van der Waals surface area (Å²) in [6, 6.07) is 11.9. The topological polar surface area (TPSA) is 78.4 Å². The Labute approximate surface area is 148 Å². The van der Waals surface area contributed by atoms with Crippen LogP contribution in [0.4, 0.5) is 11.4 Å². The van der Waals surface area contributed by atoms with E-state index in [4.69, 9.17) is 0 Å². The maximum Gasteiger partial charge on any atom is 0.255 e. The number of benzene rings is 2. The van der Waals surface area contributed by atoms with E-state index in [1.165, 1.54) is 6.07 Å². The van der Waals surface area contributed by atoms with Gasteiger partial charge in [0.05, 0.1) is 5.69 Å². The van der Waals surface area contributed by atoms with Crippen molar-refractivity contribution in [1.29, 1.82) is 0 Å². The molecule has 1 unspecified atom stereocenters. The number of anilines is 2. The summed E-state index contributed by atoms with van der Waals surface area (Å²) in [5.74, 6) is -0.569. The fourth-order valence-electron chi connectivity index (χ4n) is 2.53. The molecule has 2 aromatic carbocycles. The van der Waals surface area contributed by atoms with Crippen molar-refractivity contribution in [1.82, 2.24) is 0 Å². The van der Waals surface area contributed by atoms with Crippen molar-refractivity contribution in [2.24, 2.45) is 5.92 Å². The van der Waals surface area contributed by atoms with E-state index in [0.717, 1.165) is 18.4 Å². The van der Waals surface area contributed by atoms with Gasteiger partial charge in [0, 0.05) is 23.2 Å². The predicted molar refractivity (Wildman–Crippen MR) is 99.9 cm³/mol. The van der Waals surface area contributed by atoms with Gasteiger partial charge in [-0.25, -0.2) is 0 Å². The molecule has 3 N–H and O–H groups in total. The standard InChI is InChI=1S/C20H24N2O3/c1-4-6-14(3)19(24)21-16-9-10-17(18(23)12-16)22-20(25)15-8-5-7-13(2)11-15/h5,7-12,14,23H,4,6H2,1-3H3,(H,21,24)(H,22,25). The molecule has 0 saturated carbocycles. The smallest absolute Gasteiger partial charge is 0.255 e. The number of nitrogens with one attached hydrogen (secondary N) is 2. The molecule has 132 valence electrons. The Bertz CT molecular complexity index is 771. The van der Waals surface area contributed by atoms with E-state index in [0.29, 0.717) is 16.9 Å². The Morgan fingerprint density at radius 1 is 1.12 bits per heavy atom.